The molecule has 0 atom stereocenters. The number of hydrogen-bond acceptors (Lipinski definition) is 8. The highest BCUT2D eigenvalue weighted by Gasteiger charge is 2.16. The Morgan fingerprint density at radius 1 is 1.00 bits per heavy atom. The van der Waals surface area contributed by atoms with Crippen LogP contribution >= 0.6 is 0 Å². The molecule has 0 aliphatic carbocycles. The highest BCUT2D eigenvalue weighted by Crippen LogP contribution is 2.23. The lowest BCUT2D eigenvalue weighted by molar-refractivity contribution is -0.114. The summed E-state index contributed by atoms with van der Waals surface area (Å²) < 4.78 is 1.43. The van der Waals surface area contributed by atoms with Crippen molar-refractivity contribution in [2.45, 2.75) is 20.8 Å². The quantitative estimate of drug-likeness (QED) is 0.342. The number of aromatic nitrogens is 4. The van der Waals surface area contributed by atoms with Gasteiger partial charge in [-0.1, -0.05) is 12.1 Å². The van der Waals surface area contributed by atoms with Gasteiger partial charge in [0.15, 0.2) is 5.65 Å². The molecular formula is C25H25N9O2. The maximum atomic E-state index is 12.8. The van der Waals surface area contributed by atoms with Crippen molar-refractivity contribution in [1.82, 2.24) is 24.5 Å². The summed E-state index contributed by atoms with van der Waals surface area (Å²) in [6.07, 6.45) is 1.41. The highest BCUT2D eigenvalue weighted by molar-refractivity contribution is 5.95. The molecular weight excluding hydrogens is 458 g/mol. The van der Waals surface area contributed by atoms with Crippen LogP contribution in [-0.4, -0.2) is 49.4 Å². The summed E-state index contributed by atoms with van der Waals surface area (Å²) in [5, 5.41) is 22.8. The molecule has 0 spiro atoms. The minimum atomic E-state index is -0.184. The Kier molecular flexibility index (Phi) is 7.06. The lowest BCUT2D eigenvalue weighted by Gasteiger charge is -2.19. The smallest absolute Gasteiger partial charge is 0.253 e. The van der Waals surface area contributed by atoms with Gasteiger partial charge in [0.05, 0.1) is 6.20 Å². The zero-order chi connectivity index (χ0) is 25.7. The van der Waals surface area contributed by atoms with Gasteiger partial charge in [0.1, 0.15) is 11.6 Å². The molecule has 0 bridgehead atoms. The van der Waals surface area contributed by atoms with E-state index in [-0.39, 0.29) is 23.3 Å². The van der Waals surface area contributed by atoms with Gasteiger partial charge in [0.2, 0.25) is 17.8 Å². The van der Waals surface area contributed by atoms with Crippen LogP contribution < -0.4 is 16.0 Å². The number of rotatable bonds is 8. The first kappa shape index (κ1) is 24.2. The molecule has 2 heterocycles. The third kappa shape index (κ3) is 5.23. The van der Waals surface area contributed by atoms with E-state index in [0.717, 1.165) is 0 Å². The van der Waals surface area contributed by atoms with Gasteiger partial charge in [-0.3, -0.25) is 9.59 Å². The van der Waals surface area contributed by atoms with E-state index in [4.69, 9.17) is 0 Å². The van der Waals surface area contributed by atoms with Gasteiger partial charge < -0.3 is 20.9 Å². The molecule has 11 heteroatoms. The first-order valence-electron chi connectivity index (χ1n) is 11.4. The second-order valence-corrected chi connectivity index (χ2v) is 7.85. The van der Waals surface area contributed by atoms with E-state index in [9.17, 15) is 14.9 Å². The number of nitrogens with one attached hydrogen (secondary N) is 3. The van der Waals surface area contributed by atoms with Crippen LogP contribution in [0.4, 0.5) is 29.0 Å². The predicted octanol–water partition coefficient (Wildman–Crippen LogP) is 3.92. The number of benzene rings is 2. The molecule has 11 nitrogen and oxygen atoms in total. The van der Waals surface area contributed by atoms with Crippen molar-refractivity contribution in [3.63, 3.8) is 0 Å². The molecule has 0 radical (unpaired) electrons. The number of carbonyl (C=O) groups excluding carboxylic acids is 2. The Bertz CT molecular complexity index is 1470. The second kappa shape index (κ2) is 10.5. The zero-order valence-electron chi connectivity index (χ0n) is 20.1. The summed E-state index contributed by atoms with van der Waals surface area (Å²) >= 11 is 0. The fourth-order valence-electron chi connectivity index (χ4n) is 3.65. The second-order valence-electron chi connectivity index (χ2n) is 7.85. The number of carbonyl (C=O) groups is 2. The third-order valence-electron chi connectivity index (χ3n) is 5.34. The lowest BCUT2D eigenvalue weighted by atomic mass is 10.1. The van der Waals surface area contributed by atoms with Gasteiger partial charge in [0, 0.05) is 42.6 Å². The Morgan fingerprint density at radius 3 is 2.39 bits per heavy atom. The van der Waals surface area contributed by atoms with Crippen LogP contribution in [-0.2, 0) is 4.79 Å². The third-order valence-corrected chi connectivity index (χ3v) is 5.34. The van der Waals surface area contributed by atoms with Crippen LogP contribution in [0.15, 0.2) is 54.7 Å². The summed E-state index contributed by atoms with van der Waals surface area (Å²) in [4.78, 5) is 34.9. The molecule has 4 rings (SSSR count). The van der Waals surface area contributed by atoms with Crippen molar-refractivity contribution in [2.75, 3.05) is 29.0 Å². The van der Waals surface area contributed by atoms with Crippen LogP contribution in [0.1, 0.15) is 36.7 Å². The van der Waals surface area contributed by atoms with Gasteiger partial charge in [0.25, 0.3) is 5.91 Å². The van der Waals surface area contributed by atoms with E-state index >= 15 is 0 Å². The van der Waals surface area contributed by atoms with Crippen molar-refractivity contribution in [3.8, 4) is 6.07 Å². The number of anilines is 5. The molecule has 3 N–H and O–H groups in total. The molecule has 2 aromatic carbocycles. The molecule has 0 fully saturated rings. The van der Waals surface area contributed by atoms with E-state index < -0.39 is 0 Å². The Morgan fingerprint density at radius 2 is 1.69 bits per heavy atom. The number of hydrogen-bond donors (Lipinski definition) is 3. The van der Waals surface area contributed by atoms with Crippen molar-refractivity contribution < 1.29 is 9.59 Å². The van der Waals surface area contributed by atoms with E-state index in [0.29, 0.717) is 47.3 Å². The molecule has 2 aromatic heterocycles. The van der Waals surface area contributed by atoms with Crippen LogP contribution in [0, 0.1) is 11.3 Å². The normalized spacial score (nSPS) is 10.5. The number of amides is 2. The largest absolute Gasteiger partial charge is 0.339 e. The lowest BCUT2D eigenvalue weighted by Crippen LogP contribution is -2.30. The summed E-state index contributed by atoms with van der Waals surface area (Å²) in [7, 11) is 0. The van der Waals surface area contributed by atoms with E-state index in [1.54, 1.807) is 47.4 Å². The van der Waals surface area contributed by atoms with Gasteiger partial charge in [-0.15, -0.1) is 0 Å². The van der Waals surface area contributed by atoms with Crippen molar-refractivity contribution in [3.05, 3.63) is 65.9 Å². The van der Waals surface area contributed by atoms with Gasteiger partial charge >= 0.3 is 0 Å². The standard InChI is InChI=1S/C25H25N9O2/c1-4-33(5-2)23(36)17-8-6-9-19(12-17)30-25-32-24(31-22-18(14-26)15-27-34(22)25)29-21-11-7-10-20(13-21)28-16(3)35/h6-13,15H,4-5H2,1-3H3,(H,28,35)(H2,29,30,31,32). The monoisotopic (exact) mass is 483 g/mol. The van der Waals surface area contributed by atoms with Crippen molar-refractivity contribution in [1.29, 1.82) is 5.26 Å². The van der Waals surface area contributed by atoms with Crippen molar-refractivity contribution >= 4 is 46.4 Å². The summed E-state index contributed by atoms with van der Waals surface area (Å²) in [6.45, 7) is 6.53. The molecule has 0 unspecified atom stereocenters. The maximum absolute atomic E-state index is 12.8. The number of nitriles is 1. The fourth-order valence-corrected chi connectivity index (χ4v) is 3.65. The minimum Gasteiger partial charge on any atom is -0.339 e. The summed E-state index contributed by atoms with van der Waals surface area (Å²) in [6, 6.07) is 16.3. The minimum absolute atomic E-state index is 0.0660. The van der Waals surface area contributed by atoms with Gasteiger partial charge in [-0.25, -0.2) is 0 Å². The van der Waals surface area contributed by atoms with Crippen LogP contribution in [0.2, 0.25) is 0 Å². The molecule has 0 saturated heterocycles. The molecule has 0 aliphatic rings. The fraction of sp³-hybridized carbons (Fsp3) is 0.200. The summed E-state index contributed by atoms with van der Waals surface area (Å²) in [5.41, 5.74) is 3.01. The van der Waals surface area contributed by atoms with Crippen LogP contribution in [0.5, 0.6) is 0 Å². The first-order valence-corrected chi connectivity index (χ1v) is 11.4. The molecule has 0 aliphatic heterocycles. The maximum Gasteiger partial charge on any atom is 0.253 e. The molecule has 4 aromatic rings. The SMILES string of the molecule is CCN(CC)C(=O)c1cccc(Nc2nc(Nc3cccc(NC(C)=O)c3)nc3c(C#N)cnn23)c1. The zero-order valence-corrected chi connectivity index (χ0v) is 20.1. The predicted molar refractivity (Wildman–Crippen MR) is 137 cm³/mol. The Balaban J connectivity index is 1.69. The summed E-state index contributed by atoms with van der Waals surface area (Å²) in [5.74, 6) is 0.270. The van der Waals surface area contributed by atoms with Gasteiger partial charge in [-0.2, -0.15) is 24.8 Å². The van der Waals surface area contributed by atoms with E-state index in [1.807, 2.05) is 19.9 Å². The molecule has 2 amide bonds. The van der Waals surface area contributed by atoms with Gasteiger partial charge in [-0.05, 0) is 50.2 Å². The molecule has 36 heavy (non-hydrogen) atoms. The molecule has 0 saturated carbocycles. The van der Waals surface area contributed by atoms with Crippen LogP contribution in [0.3, 0.4) is 0 Å². The van der Waals surface area contributed by atoms with E-state index in [2.05, 4.69) is 37.1 Å². The number of fused-ring (bicyclic) bond motifs is 1. The highest BCUT2D eigenvalue weighted by atomic mass is 16.2. The number of nitrogens with zero attached hydrogens (tertiary/aromatic N) is 6. The van der Waals surface area contributed by atoms with Crippen molar-refractivity contribution in [2.24, 2.45) is 0 Å². The van der Waals surface area contributed by atoms with E-state index in [1.165, 1.54) is 17.6 Å². The molecule has 182 valence electrons. The average Bonchev–Trinajstić information content (AvgIpc) is 3.28. The Hall–Kier alpha value is -4.98. The Labute approximate surface area is 207 Å². The topological polar surface area (TPSA) is 140 Å². The first-order chi connectivity index (χ1) is 17.4. The van der Waals surface area contributed by atoms with Crippen LogP contribution in [0.25, 0.3) is 5.65 Å². The average molecular weight is 484 g/mol.